The number of alkyl halides is 39. The van der Waals surface area contributed by atoms with E-state index in [4.69, 9.17) is 0 Å². The number of hydrogen-bond donors (Lipinski definition) is 0. The Morgan fingerprint density at radius 2 is 0.464 bits per heavy atom. The Bertz CT molecular complexity index is 1710. The summed E-state index contributed by atoms with van der Waals surface area (Å²) in [5.74, 6) is -127. The minimum Gasteiger partial charge on any atom is -0.200 e. The third kappa shape index (κ3) is 9.42. The van der Waals surface area contributed by atoms with Crippen molar-refractivity contribution in [2.75, 3.05) is 0 Å². The molecule has 0 spiro atoms. The Hall–Kier alpha value is -2.81. The molecule has 1 aromatic heterocycles. The molecule has 0 saturated carbocycles. The van der Waals surface area contributed by atoms with Crippen molar-refractivity contribution >= 4 is 24.6 Å². The van der Waals surface area contributed by atoms with Gasteiger partial charge in [-0.2, -0.15) is 183 Å². The van der Waals surface area contributed by atoms with Gasteiger partial charge in [-0.25, -0.2) is 0 Å². The van der Waals surface area contributed by atoms with Gasteiger partial charge in [-0.3, -0.25) is 0 Å². The third-order valence-corrected chi connectivity index (χ3v) is 15.9. The summed E-state index contributed by atoms with van der Waals surface area (Å²) < 4.78 is 536. The van der Waals surface area contributed by atoms with Crippen LogP contribution in [0, 0.1) is 0 Å². The molecule has 0 atom stereocenters. The van der Waals surface area contributed by atoms with Crippen molar-refractivity contribution in [2.45, 2.75) is 145 Å². The first kappa shape index (κ1) is 64.2. The number of hydrogen-bond acceptors (Lipinski definition) is 1. The first-order valence-electron chi connectivity index (χ1n) is 16.4. The maximum Gasteiger partial charge on any atom is 0.460 e. The summed E-state index contributed by atoms with van der Waals surface area (Å²) in [6, 6.07) is -9.90. The standard InChI is InChI=1S/C28H15F39SSi/c29-11(30,14(35,36)17(41,42)20(47,48)23(53,54)26(59,60)61)2-6-69(10-1-5-68-9-10,7-3-12(31,32)15(37,38)18(43,44)21(49,50)24(55,56)27(62,63)64)8-4-13(33,34)16(39,40)19(45,46)22(51,52)25(57,58)28(65,66)67/h1,5,9H,2-4,6-8H2. The fraction of sp³-hybridized carbons (Fsp3) is 0.857. The van der Waals surface area contributed by atoms with Gasteiger partial charge in [0.2, 0.25) is 0 Å². The van der Waals surface area contributed by atoms with Crippen LogP contribution in [0.3, 0.4) is 0 Å². The van der Waals surface area contributed by atoms with Crippen molar-refractivity contribution in [1.29, 1.82) is 0 Å². The molecule has 0 nitrogen and oxygen atoms in total. The highest BCUT2D eigenvalue weighted by Gasteiger charge is 2.93. The Morgan fingerprint density at radius 1 is 0.275 bits per heavy atom. The van der Waals surface area contributed by atoms with Crippen LogP contribution in [-0.2, 0) is 0 Å². The van der Waals surface area contributed by atoms with E-state index in [0.29, 0.717) is 0 Å². The van der Waals surface area contributed by atoms with Crippen LogP contribution in [0.25, 0.3) is 0 Å². The lowest BCUT2D eigenvalue weighted by molar-refractivity contribution is -0.440. The molecule has 0 unspecified atom stereocenters. The van der Waals surface area contributed by atoms with E-state index >= 15 is 0 Å². The van der Waals surface area contributed by atoms with Crippen LogP contribution in [0.5, 0.6) is 0 Å². The molecule has 0 bridgehead atoms. The van der Waals surface area contributed by atoms with Gasteiger partial charge >= 0.3 is 107 Å². The van der Waals surface area contributed by atoms with Crippen LogP contribution in [-0.4, -0.2) is 115 Å². The van der Waals surface area contributed by atoms with Crippen LogP contribution < -0.4 is 5.19 Å². The lowest BCUT2D eigenvalue weighted by Crippen LogP contribution is -2.70. The molecule has 0 N–H and O–H groups in total. The molecule has 1 heterocycles. The summed E-state index contributed by atoms with van der Waals surface area (Å²) in [5, 5.41) is -1.76. The number of thiophene rings is 1. The van der Waals surface area contributed by atoms with E-state index in [1.807, 2.05) is 0 Å². The Balaban J connectivity index is 4.31. The zero-order valence-corrected chi connectivity index (χ0v) is 32.9. The molecule has 0 aliphatic rings. The second-order valence-corrected chi connectivity index (χ2v) is 19.7. The lowest BCUT2D eigenvalue weighted by Gasteiger charge is -2.43. The van der Waals surface area contributed by atoms with Gasteiger partial charge in [0.05, 0.1) is 8.07 Å². The van der Waals surface area contributed by atoms with Crippen LogP contribution in [0.2, 0.25) is 18.1 Å². The van der Waals surface area contributed by atoms with Gasteiger partial charge in [0.15, 0.2) is 0 Å². The smallest absolute Gasteiger partial charge is 0.200 e. The minimum absolute atomic E-state index is 0.138. The van der Waals surface area contributed by atoms with Gasteiger partial charge in [-0.05, 0) is 34.1 Å². The molecule has 0 radical (unpaired) electrons. The molecular weight excluding hydrogens is 1140 g/mol. The van der Waals surface area contributed by atoms with E-state index < -0.39 is 158 Å². The average molecular weight is 1150 g/mol. The van der Waals surface area contributed by atoms with Gasteiger partial charge < -0.3 is 0 Å². The summed E-state index contributed by atoms with van der Waals surface area (Å²) in [7, 11) is -6.91. The van der Waals surface area contributed by atoms with Gasteiger partial charge in [0.25, 0.3) is 0 Å². The normalized spacial score (nSPS) is 16.7. The minimum atomic E-state index is -8.86. The average Bonchev–Trinajstić information content (AvgIpc) is 3.68. The number of halogens is 39. The molecule has 1 aromatic rings. The Labute approximate surface area is 358 Å². The van der Waals surface area contributed by atoms with E-state index in [0.717, 1.165) is 0 Å². The van der Waals surface area contributed by atoms with Crippen LogP contribution in [0.15, 0.2) is 16.8 Å². The molecule has 0 saturated heterocycles. The van der Waals surface area contributed by atoms with Crippen LogP contribution >= 0.6 is 11.3 Å². The highest BCUT2D eigenvalue weighted by atomic mass is 32.1. The van der Waals surface area contributed by atoms with Crippen molar-refractivity contribution in [2.24, 2.45) is 0 Å². The quantitative estimate of drug-likeness (QED) is 0.0802. The molecule has 69 heavy (non-hydrogen) atoms. The van der Waals surface area contributed by atoms with Gasteiger partial charge in [-0.15, -0.1) is 0 Å². The summed E-state index contributed by atoms with van der Waals surface area (Å²) in [6.45, 7) is 0. The first-order chi connectivity index (χ1) is 29.5. The van der Waals surface area contributed by atoms with E-state index in [2.05, 4.69) is 0 Å². The van der Waals surface area contributed by atoms with Crippen LogP contribution in [0.4, 0.5) is 171 Å². The maximum atomic E-state index is 14.9. The van der Waals surface area contributed by atoms with E-state index in [-0.39, 0.29) is 28.2 Å². The second-order valence-electron chi connectivity index (χ2n) is 14.3. The Morgan fingerprint density at radius 3 is 0.623 bits per heavy atom. The largest absolute Gasteiger partial charge is 0.460 e. The van der Waals surface area contributed by atoms with Crippen LogP contribution in [0.1, 0.15) is 19.3 Å². The zero-order valence-electron chi connectivity index (χ0n) is 31.1. The molecule has 1 rings (SSSR count). The monoisotopic (exact) mass is 1150 g/mol. The predicted molar refractivity (Wildman–Crippen MR) is 150 cm³/mol. The van der Waals surface area contributed by atoms with Crippen molar-refractivity contribution in [3.63, 3.8) is 0 Å². The highest BCUT2D eigenvalue weighted by molar-refractivity contribution is 7.10. The second kappa shape index (κ2) is 17.4. The van der Waals surface area contributed by atoms with Crippen molar-refractivity contribution in [3.05, 3.63) is 16.8 Å². The van der Waals surface area contributed by atoms with Gasteiger partial charge in [0.1, 0.15) is 0 Å². The first-order valence-corrected chi connectivity index (χ1v) is 19.9. The van der Waals surface area contributed by atoms with Gasteiger partial charge in [0, 0.05) is 19.3 Å². The van der Waals surface area contributed by atoms with Crippen molar-refractivity contribution < 1.29 is 171 Å². The zero-order chi connectivity index (χ0) is 56.1. The van der Waals surface area contributed by atoms with Crippen molar-refractivity contribution in [3.8, 4) is 0 Å². The molecule has 0 fully saturated rings. The SMILES string of the molecule is FC(F)(F)C(F)(F)C(F)(F)C(F)(F)C(F)(F)C(F)(F)CC[Si](CCC(F)(F)C(F)(F)C(F)(F)C(F)(F)C(F)(F)C(F)(F)F)(CCC(F)(F)C(F)(F)C(F)(F)C(F)(F)C(F)(F)C(F)(F)F)c1ccsc1. The highest BCUT2D eigenvalue weighted by Crippen LogP contribution is 2.65. The summed E-state index contributed by atoms with van der Waals surface area (Å²) in [5.41, 5.74) is 0. The van der Waals surface area contributed by atoms with Crippen molar-refractivity contribution in [1.82, 2.24) is 0 Å². The molecule has 0 amide bonds. The molecule has 0 aliphatic carbocycles. The predicted octanol–water partition coefficient (Wildman–Crippen LogP) is 15.8. The topological polar surface area (TPSA) is 0 Å². The van der Waals surface area contributed by atoms with Gasteiger partial charge in [-0.1, -0.05) is 6.07 Å². The molecule has 0 aliphatic heterocycles. The molecule has 410 valence electrons. The van der Waals surface area contributed by atoms with E-state index in [1.54, 1.807) is 0 Å². The maximum absolute atomic E-state index is 14.9. The summed E-state index contributed by atoms with van der Waals surface area (Å²) >= 11 is -0.278. The molecule has 41 heteroatoms. The molecule has 0 aromatic carbocycles. The Kier molecular flexibility index (Phi) is 16.2. The third-order valence-electron chi connectivity index (χ3n) is 9.88. The fourth-order valence-electron chi connectivity index (χ4n) is 5.44. The molecular formula is C28H15F39SSi. The lowest BCUT2D eigenvalue weighted by atomic mass is 9.93. The fourth-order valence-corrected chi connectivity index (χ4v) is 11.7. The number of rotatable bonds is 22. The summed E-state index contributed by atoms with van der Waals surface area (Å²) in [6.07, 6.45) is -36.4. The van der Waals surface area contributed by atoms with E-state index in [1.165, 1.54) is 0 Å². The van der Waals surface area contributed by atoms with E-state index in [9.17, 15) is 171 Å². The summed E-state index contributed by atoms with van der Waals surface area (Å²) in [4.78, 5) is 0.